The lowest BCUT2D eigenvalue weighted by Crippen LogP contribution is -2.35. The molecule has 0 aromatic carbocycles. The Labute approximate surface area is 190 Å². The zero-order chi connectivity index (χ0) is 22.8. The molecule has 0 saturated heterocycles. The lowest BCUT2D eigenvalue weighted by molar-refractivity contribution is 0.0658. The molecular formula is C28H46O3. The summed E-state index contributed by atoms with van der Waals surface area (Å²) in [4.78, 5) is 0. The molecule has 3 aliphatic carbocycles. The van der Waals surface area contributed by atoms with Gasteiger partial charge >= 0.3 is 0 Å². The first kappa shape index (κ1) is 24.7. The first-order chi connectivity index (χ1) is 14.5. The summed E-state index contributed by atoms with van der Waals surface area (Å²) in [6, 6.07) is 0. The van der Waals surface area contributed by atoms with Gasteiger partial charge in [0.25, 0.3) is 0 Å². The third kappa shape index (κ3) is 5.92. The molecule has 0 radical (unpaired) electrons. The second-order valence-corrected chi connectivity index (χ2v) is 11.7. The summed E-state index contributed by atoms with van der Waals surface area (Å²) in [5, 5.41) is 30.2. The Hall–Kier alpha value is -0.900. The Balaban J connectivity index is 1.64. The van der Waals surface area contributed by atoms with Gasteiger partial charge in [-0.1, -0.05) is 51.3 Å². The molecule has 1 saturated carbocycles. The van der Waals surface area contributed by atoms with E-state index in [4.69, 9.17) is 0 Å². The summed E-state index contributed by atoms with van der Waals surface area (Å²) < 4.78 is 0. The highest BCUT2D eigenvalue weighted by Crippen LogP contribution is 2.58. The highest BCUT2D eigenvalue weighted by atomic mass is 16.3. The maximum atomic E-state index is 10.2. The van der Waals surface area contributed by atoms with E-state index in [1.54, 1.807) is 0 Å². The molecule has 3 N–H and O–H groups in total. The largest absolute Gasteiger partial charge is 0.393 e. The average molecular weight is 431 g/mol. The van der Waals surface area contributed by atoms with Crippen LogP contribution in [0.25, 0.3) is 0 Å². The van der Waals surface area contributed by atoms with Crippen molar-refractivity contribution in [3.63, 3.8) is 0 Å². The minimum absolute atomic E-state index is 0.374. The molecule has 0 aromatic rings. The lowest BCUT2D eigenvalue weighted by atomic mass is 9.62. The number of hydrogen-bond acceptors (Lipinski definition) is 3. The second kappa shape index (κ2) is 9.93. The summed E-state index contributed by atoms with van der Waals surface area (Å²) >= 11 is 0. The van der Waals surface area contributed by atoms with Gasteiger partial charge in [0.2, 0.25) is 0 Å². The van der Waals surface area contributed by atoms with Gasteiger partial charge in [-0.15, -0.1) is 0 Å². The monoisotopic (exact) mass is 430 g/mol. The summed E-state index contributed by atoms with van der Waals surface area (Å²) in [6.45, 7) is 10.8. The fourth-order valence-electron chi connectivity index (χ4n) is 6.75. The minimum Gasteiger partial charge on any atom is -0.393 e. The highest BCUT2D eigenvalue weighted by Gasteiger charge is 2.49. The summed E-state index contributed by atoms with van der Waals surface area (Å²) in [5.41, 5.74) is 3.43. The standard InChI is InChI=1S/C28H46O3/c1-19(9-6-7-15-27(3,4)31)24-13-14-25-21(10-8-16-28(24,25)5)11-12-22-17-23(29)18-26(30)20(22)2/h10-12,19,23-26,29-31H,6-9,13-18H2,1-5H3/b12-11+/t19-,23-,24-,25+,26+,28-/m1/s1. The molecule has 6 atom stereocenters. The molecule has 1 fully saturated rings. The van der Waals surface area contributed by atoms with Crippen LogP contribution in [0.4, 0.5) is 0 Å². The Morgan fingerprint density at radius 3 is 2.65 bits per heavy atom. The molecule has 31 heavy (non-hydrogen) atoms. The van der Waals surface area contributed by atoms with Gasteiger partial charge in [0.1, 0.15) is 0 Å². The van der Waals surface area contributed by atoms with Crippen LogP contribution in [0, 0.1) is 23.2 Å². The van der Waals surface area contributed by atoms with Crippen LogP contribution in [-0.2, 0) is 0 Å². The molecular weight excluding hydrogens is 384 g/mol. The van der Waals surface area contributed by atoms with E-state index in [0.717, 1.165) is 42.2 Å². The minimum atomic E-state index is -0.540. The molecule has 3 rings (SSSR count). The van der Waals surface area contributed by atoms with Crippen LogP contribution in [0.15, 0.2) is 34.9 Å². The van der Waals surface area contributed by atoms with Crippen LogP contribution in [-0.4, -0.2) is 33.1 Å². The average Bonchev–Trinajstić information content (AvgIpc) is 3.03. The number of fused-ring (bicyclic) bond motifs is 1. The molecule has 3 nitrogen and oxygen atoms in total. The summed E-state index contributed by atoms with van der Waals surface area (Å²) in [7, 11) is 0. The van der Waals surface area contributed by atoms with Crippen molar-refractivity contribution in [3.05, 3.63) is 34.9 Å². The number of unbranched alkanes of at least 4 members (excludes halogenated alkanes) is 1. The molecule has 0 unspecified atom stereocenters. The third-order valence-corrected chi connectivity index (χ3v) is 8.69. The predicted molar refractivity (Wildman–Crippen MR) is 129 cm³/mol. The Bertz CT molecular complexity index is 710. The molecule has 3 aliphatic rings. The number of aliphatic hydroxyl groups excluding tert-OH is 2. The van der Waals surface area contributed by atoms with Crippen LogP contribution in [0.2, 0.25) is 0 Å². The Morgan fingerprint density at radius 1 is 1.19 bits per heavy atom. The van der Waals surface area contributed by atoms with E-state index < -0.39 is 17.8 Å². The molecule has 0 amide bonds. The van der Waals surface area contributed by atoms with E-state index >= 15 is 0 Å². The van der Waals surface area contributed by atoms with Crippen LogP contribution in [0.1, 0.15) is 98.8 Å². The van der Waals surface area contributed by atoms with Crippen LogP contribution in [0.5, 0.6) is 0 Å². The van der Waals surface area contributed by atoms with E-state index in [9.17, 15) is 15.3 Å². The van der Waals surface area contributed by atoms with Crippen molar-refractivity contribution in [3.8, 4) is 0 Å². The van der Waals surface area contributed by atoms with Crippen LogP contribution >= 0.6 is 0 Å². The third-order valence-electron chi connectivity index (χ3n) is 8.69. The van der Waals surface area contributed by atoms with E-state index in [2.05, 4.69) is 32.1 Å². The van der Waals surface area contributed by atoms with Crippen molar-refractivity contribution in [1.29, 1.82) is 0 Å². The van der Waals surface area contributed by atoms with E-state index in [0.29, 0.717) is 24.2 Å². The zero-order valence-corrected chi connectivity index (χ0v) is 20.5. The van der Waals surface area contributed by atoms with Gasteiger partial charge < -0.3 is 15.3 Å². The Kier molecular flexibility index (Phi) is 7.92. The SMILES string of the molecule is CC1=C(/C=C/C2=CCC[C@]3(C)[C@@H]([C@H](C)CCCCC(C)(C)O)CC[C@@H]23)C[C@@H](O)C[C@@H]1O. The molecule has 176 valence electrons. The smallest absolute Gasteiger partial charge is 0.0777 e. The maximum Gasteiger partial charge on any atom is 0.0777 e. The van der Waals surface area contributed by atoms with Gasteiger partial charge in [-0.2, -0.15) is 0 Å². The lowest BCUT2D eigenvalue weighted by Gasteiger charge is -2.43. The summed E-state index contributed by atoms with van der Waals surface area (Å²) in [6.07, 6.45) is 16.6. The molecule has 0 bridgehead atoms. The Morgan fingerprint density at radius 2 is 1.94 bits per heavy atom. The first-order valence-corrected chi connectivity index (χ1v) is 12.7. The van der Waals surface area contributed by atoms with Gasteiger partial charge in [-0.05, 0) is 99.2 Å². The van der Waals surface area contributed by atoms with E-state index in [-0.39, 0.29) is 0 Å². The number of allylic oxidation sites excluding steroid dienone is 4. The fraction of sp³-hybridized carbons (Fsp3) is 0.786. The topological polar surface area (TPSA) is 60.7 Å². The normalized spacial score (nSPS) is 35.4. The van der Waals surface area contributed by atoms with Gasteiger partial charge in [0.15, 0.2) is 0 Å². The molecule has 0 heterocycles. The van der Waals surface area contributed by atoms with Gasteiger partial charge in [-0.3, -0.25) is 0 Å². The first-order valence-electron chi connectivity index (χ1n) is 12.7. The van der Waals surface area contributed by atoms with Gasteiger partial charge in [-0.25, -0.2) is 0 Å². The zero-order valence-electron chi connectivity index (χ0n) is 20.5. The van der Waals surface area contributed by atoms with E-state index in [1.807, 2.05) is 20.8 Å². The van der Waals surface area contributed by atoms with Crippen LogP contribution < -0.4 is 0 Å². The number of hydrogen-bond donors (Lipinski definition) is 3. The van der Waals surface area contributed by atoms with Crippen molar-refractivity contribution in [1.82, 2.24) is 0 Å². The molecule has 0 aliphatic heterocycles. The fourth-order valence-corrected chi connectivity index (χ4v) is 6.75. The van der Waals surface area contributed by atoms with Crippen molar-refractivity contribution < 1.29 is 15.3 Å². The van der Waals surface area contributed by atoms with E-state index in [1.165, 1.54) is 37.7 Å². The van der Waals surface area contributed by atoms with Crippen molar-refractivity contribution in [2.75, 3.05) is 0 Å². The number of aliphatic hydroxyl groups is 3. The molecule has 0 spiro atoms. The quantitative estimate of drug-likeness (QED) is 0.408. The van der Waals surface area contributed by atoms with Crippen molar-refractivity contribution in [2.24, 2.45) is 23.2 Å². The number of rotatable bonds is 8. The van der Waals surface area contributed by atoms with Crippen molar-refractivity contribution in [2.45, 2.75) is 117 Å². The van der Waals surface area contributed by atoms with Gasteiger partial charge in [0, 0.05) is 6.42 Å². The van der Waals surface area contributed by atoms with Crippen molar-refractivity contribution >= 4 is 0 Å². The molecule has 0 aromatic heterocycles. The second-order valence-electron chi connectivity index (χ2n) is 11.7. The summed E-state index contributed by atoms with van der Waals surface area (Å²) in [5.74, 6) is 2.13. The highest BCUT2D eigenvalue weighted by molar-refractivity contribution is 5.37. The molecule has 3 heteroatoms. The van der Waals surface area contributed by atoms with Crippen LogP contribution in [0.3, 0.4) is 0 Å². The predicted octanol–water partition coefficient (Wildman–Crippen LogP) is 6.09. The maximum absolute atomic E-state index is 10.2. The van der Waals surface area contributed by atoms with Gasteiger partial charge in [0.05, 0.1) is 17.8 Å².